The van der Waals surface area contributed by atoms with Crippen molar-refractivity contribution in [2.75, 3.05) is 43.0 Å². The Labute approximate surface area is 145 Å². The van der Waals surface area contributed by atoms with Gasteiger partial charge in [0.1, 0.15) is 0 Å². The predicted octanol–water partition coefficient (Wildman–Crippen LogP) is 2.25. The summed E-state index contributed by atoms with van der Waals surface area (Å²) in [6.07, 6.45) is 8.17. The second-order valence-electron chi connectivity index (χ2n) is 6.25. The van der Waals surface area contributed by atoms with Crippen molar-refractivity contribution in [2.24, 2.45) is 0 Å². The Morgan fingerprint density at radius 1 is 1.25 bits per heavy atom. The van der Waals surface area contributed by atoms with Gasteiger partial charge in [-0.25, -0.2) is 4.79 Å². The third-order valence-corrected chi connectivity index (χ3v) is 5.04. The minimum Gasteiger partial charge on any atom is -0.368 e. The number of nitrogens with zero attached hydrogens (tertiary/aromatic N) is 6. The van der Waals surface area contributed by atoms with Crippen molar-refractivity contribution < 1.29 is 4.79 Å². The predicted molar refractivity (Wildman–Crippen MR) is 92.7 cm³/mol. The van der Waals surface area contributed by atoms with E-state index in [0.717, 1.165) is 37.4 Å². The monoisotopic (exact) mass is 346 g/mol. The third kappa shape index (κ3) is 2.58. The first-order valence-electron chi connectivity index (χ1n) is 8.05. The van der Waals surface area contributed by atoms with E-state index in [0.29, 0.717) is 11.6 Å². The molecule has 0 radical (unpaired) electrons. The SMILES string of the molecule is CN1CCN(c2cnn(C3CCN(c4ccncc4Cl)C3)c2)C1=O. The fourth-order valence-electron chi connectivity index (χ4n) is 3.35. The lowest BCUT2D eigenvalue weighted by Gasteiger charge is -2.19. The van der Waals surface area contributed by atoms with Crippen LogP contribution in [0.4, 0.5) is 16.2 Å². The van der Waals surface area contributed by atoms with Crippen LogP contribution >= 0.6 is 11.6 Å². The zero-order valence-corrected chi connectivity index (χ0v) is 14.2. The molecule has 2 saturated heterocycles. The molecular formula is C16H19ClN6O. The molecule has 2 aliphatic rings. The Morgan fingerprint density at radius 2 is 2.12 bits per heavy atom. The molecule has 2 fully saturated rings. The Kier molecular flexibility index (Phi) is 3.80. The largest absolute Gasteiger partial charge is 0.368 e. The van der Waals surface area contributed by atoms with Crippen LogP contribution in [-0.2, 0) is 0 Å². The van der Waals surface area contributed by atoms with Crippen molar-refractivity contribution in [3.8, 4) is 0 Å². The molecule has 24 heavy (non-hydrogen) atoms. The molecule has 8 heteroatoms. The summed E-state index contributed by atoms with van der Waals surface area (Å²) in [4.78, 5) is 21.9. The quantitative estimate of drug-likeness (QED) is 0.855. The first-order chi connectivity index (χ1) is 11.6. The molecule has 0 aliphatic carbocycles. The van der Waals surface area contributed by atoms with E-state index in [4.69, 9.17) is 11.6 Å². The summed E-state index contributed by atoms with van der Waals surface area (Å²) in [5.74, 6) is 0. The van der Waals surface area contributed by atoms with Crippen LogP contribution in [0.25, 0.3) is 0 Å². The van der Waals surface area contributed by atoms with E-state index >= 15 is 0 Å². The molecule has 4 rings (SSSR count). The number of hydrogen-bond acceptors (Lipinski definition) is 4. The zero-order chi connectivity index (χ0) is 16.7. The number of rotatable bonds is 3. The molecule has 0 aromatic carbocycles. The third-order valence-electron chi connectivity index (χ3n) is 4.75. The van der Waals surface area contributed by atoms with Gasteiger partial charge < -0.3 is 9.80 Å². The molecule has 7 nitrogen and oxygen atoms in total. The van der Waals surface area contributed by atoms with Crippen LogP contribution in [0.15, 0.2) is 30.9 Å². The first kappa shape index (κ1) is 15.3. The van der Waals surface area contributed by atoms with Crippen molar-refractivity contribution in [1.29, 1.82) is 0 Å². The van der Waals surface area contributed by atoms with Gasteiger partial charge >= 0.3 is 6.03 Å². The fourth-order valence-corrected chi connectivity index (χ4v) is 3.59. The van der Waals surface area contributed by atoms with Gasteiger partial charge in [-0.2, -0.15) is 5.10 Å². The van der Waals surface area contributed by atoms with Crippen molar-refractivity contribution in [3.63, 3.8) is 0 Å². The van der Waals surface area contributed by atoms with Gasteiger partial charge in [-0.1, -0.05) is 11.6 Å². The van der Waals surface area contributed by atoms with Gasteiger partial charge in [0, 0.05) is 51.8 Å². The average Bonchev–Trinajstić information content (AvgIpc) is 3.29. The number of hydrogen-bond donors (Lipinski definition) is 0. The van der Waals surface area contributed by atoms with E-state index in [-0.39, 0.29) is 12.1 Å². The van der Waals surface area contributed by atoms with E-state index in [1.165, 1.54) is 0 Å². The summed E-state index contributed by atoms with van der Waals surface area (Å²) in [7, 11) is 1.82. The molecular weight excluding hydrogens is 328 g/mol. The van der Waals surface area contributed by atoms with Gasteiger partial charge in [0.05, 0.1) is 28.6 Å². The number of carbonyl (C=O) groups excluding carboxylic acids is 1. The summed E-state index contributed by atoms with van der Waals surface area (Å²) in [5.41, 5.74) is 1.88. The average molecular weight is 347 g/mol. The molecule has 0 bridgehead atoms. The number of likely N-dealkylation sites (N-methyl/N-ethyl adjacent to an activating group) is 1. The van der Waals surface area contributed by atoms with E-state index in [1.807, 2.05) is 24.0 Å². The van der Waals surface area contributed by atoms with Crippen molar-refractivity contribution in [2.45, 2.75) is 12.5 Å². The smallest absolute Gasteiger partial charge is 0.324 e. The Morgan fingerprint density at radius 3 is 2.88 bits per heavy atom. The van der Waals surface area contributed by atoms with E-state index in [1.54, 1.807) is 28.4 Å². The van der Waals surface area contributed by atoms with Crippen LogP contribution in [0.2, 0.25) is 5.02 Å². The molecule has 0 N–H and O–H groups in total. The molecule has 1 unspecified atom stereocenters. The van der Waals surface area contributed by atoms with E-state index < -0.39 is 0 Å². The summed E-state index contributed by atoms with van der Waals surface area (Å²) in [6.45, 7) is 3.24. The van der Waals surface area contributed by atoms with Gasteiger partial charge in [0.25, 0.3) is 0 Å². The summed E-state index contributed by atoms with van der Waals surface area (Å²) < 4.78 is 1.97. The maximum Gasteiger partial charge on any atom is 0.324 e. The van der Waals surface area contributed by atoms with Crippen LogP contribution in [-0.4, -0.2) is 58.9 Å². The van der Waals surface area contributed by atoms with Gasteiger partial charge in [0.2, 0.25) is 0 Å². The molecule has 1 atom stereocenters. The summed E-state index contributed by atoms with van der Waals surface area (Å²) in [6, 6.07) is 2.25. The standard InChI is InChI=1S/C16H19ClN6O/c1-20-6-7-22(16(20)24)13-8-19-23(11-13)12-3-5-21(10-12)15-2-4-18-9-14(15)17/h2,4,8-9,11-12H,3,5-7,10H2,1H3. The maximum atomic E-state index is 12.1. The highest BCUT2D eigenvalue weighted by atomic mass is 35.5. The number of anilines is 2. The lowest BCUT2D eigenvalue weighted by atomic mass is 10.3. The lowest BCUT2D eigenvalue weighted by Crippen LogP contribution is -2.28. The second-order valence-corrected chi connectivity index (χ2v) is 6.66. The van der Waals surface area contributed by atoms with Gasteiger partial charge in [-0.3, -0.25) is 14.6 Å². The molecule has 0 spiro atoms. The number of urea groups is 1. The second kappa shape index (κ2) is 5.98. The maximum absolute atomic E-state index is 12.1. The summed E-state index contributed by atoms with van der Waals surface area (Å²) in [5, 5.41) is 5.16. The van der Waals surface area contributed by atoms with E-state index in [2.05, 4.69) is 15.0 Å². The molecule has 0 saturated carbocycles. The molecule has 126 valence electrons. The highest BCUT2D eigenvalue weighted by Crippen LogP contribution is 2.32. The number of pyridine rings is 1. The molecule has 4 heterocycles. The Bertz CT molecular complexity index is 763. The fraction of sp³-hybridized carbons (Fsp3) is 0.438. The van der Waals surface area contributed by atoms with Crippen molar-refractivity contribution in [1.82, 2.24) is 19.7 Å². The minimum atomic E-state index is 0.0335. The van der Waals surface area contributed by atoms with Crippen LogP contribution in [0.1, 0.15) is 12.5 Å². The molecule has 2 aromatic heterocycles. The molecule has 2 aromatic rings. The van der Waals surface area contributed by atoms with Gasteiger partial charge in [0.15, 0.2) is 0 Å². The van der Waals surface area contributed by atoms with E-state index in [9.17, 15) is 4.79 Å². The van der Waals surface area contributed by atoms with Gasteiger partial charge in [-0.05, 0) is 12.5 Å². The summed E-state index contributed by atoms with van der Waals surface area (Å²) >= 11 is 6.24. The molecule has 2 aliphatic heterocycles. The van der Waals surface area contributed by atoms with Crippen LogP contribution < -0.4 is 9.80 Å². The van der Waals surface area contributed by atoms with Crippen molar-refractivity contribution >= 4 is 29.0 Å². The van der Waals surface area contributed by atoms with Crippen LogP contribution in [0.3, 0.4) is 0 Å². The molecule has 2 amide bonds. The number of carbonyl (C=O) groups is 1. The Hall–Kier alpha value is -2.28. The van der Waals surface area contributed by atoms with Crippen LogP contribution in [0.5, 0.6) is 0 Å². The highest BCUT2D eigenvalue weighted by molar-refractivity contribution is 6.33. The zero-order valence-electron chi connectivity index (χ0n) is 13.5. The Balaban J connectivity index is 1.48. The minimum absolute atomic E-state index is 0.0335. The van der Waals surface area contributed by atoms with Gasteiger partial charge in [-0.15, -0.1) is 0 Å². The lowest BCUT2D eigenvalue weighted by molar-refractivity contribution is 0.229. The number of aromatic nitrogens is 3. The highest BCUT2D eigenvalue weighted by Gasteiger charge is 2.30. The number of halogens is 1. The van der Waals surface area contributed by atoms with Crippen molar-refractivity contribution in [3.05, 3.63) is 35.9 Å². The normalized spacial score (nSPS) is 21.2. The first-order valence-corrected chi connectivity index (χ1v) is 8.42. The van der Waals surface area contributed by atoms with Crippen LogP contribution in [0, 0.1) is 0 Å². The topological polar surface area (TPSA) is 57.5 Å². The number of amides is 2.